The SMILES string of the molecule is O=C(CC12CC3CC(CC(C3)C1)C2)Nc1ncnc2c1CCN(S(=O)(=O)c1ccc(Oc3ccccn3)cc1)C2. The van der Waals surface area contributed by atoms with Crippen LogP contribution in [0.4, 0.5) is 5.82 Å². The summed E-state index contributed by atoms with van der Waals surface area (Å²) in [6.45, 7) is 0.414. The van der Waals surface area contributed by atoms with Crippen LogP contribution in [-0.4, -0.2) is 40.1 Å². The number of fused-ring (bicyclic) bond motifs is 1. The summed E-state index contributed by atoms with van der Waals surface area (Å²) in [5, 5.41) is 3.08. The predicted molar refractivity (Wildman–Crippen MR) is 148 cm³/mol. The Morgan fingerprint density at radius 1 is 0.975 bits per heavy atom. The molecule has 2 aromatic heterocycles. The van der Waals surface area contributed by atoms with Crippen molar-refractivity contribution in [2.75, 3.05) is 11.9 Å². The lowest BCUT2D eigenvalue weighted by Gasteiger charge is -2.56. The molecule has 1 aliphatic heterocycles. The number of rotatable bonds is 7. The quantitative estimate of drug-likeness (QED) is 0.435. The number of ether oxygens (including phenoxy) is 1. The van der Waals surface area contributed by atoms with Crippen LogP contribution in [0.1, 0.15) is 56.2 Å². The summed E-state index contributed by atoms with van der Waals surface area (Å²) in [7, 11) is -3.75. The van der Waals surface area contributed by atoms with Gasteiger partial charge in [0.2, 0.25) is 21.8 Å². The maximum absolute atomic E-state index is 13.4. The van der Waals surface area contributed by atoms with E-state index in [1.807, 2.05) is 6.07 Å². The number of anilines is 1. The third kappa shape index (κ3) is 4.88. The fourth-order valence-electron chi connectivity index (χ4n) is 8.02. The number of nitrogens with one attached hydrogen (secondary N) is 1. The molecule has 5 aliphatic rings. The van der Waals surface area contributed by atoms with E-state index in [9.17, 15) is 13.2 Å². The van der Waals surface area contributed by atoms with Crippen molar-refractivity contribution < 1.29 is 17.9 Å². The highest BCUT2D eigenvalue weighted by molar-refractivity contribution is 7.89. The number of carbonyl (C=O) groups excluding carboxylic acids is 1. The number of carbonyl (C=O) groups is 1. The average molecular weight is 560 g/mol. The summed E-state index contributed by atoms with van der Waals surface area (Å²) in [4.78, 5) is 26.3. The molecule has 0 radical (unpaired) electrons. The molecule has 4 aliphatic carbocycles. The summed E-state index contributed by atoms with van der Waals surface area (Å²) >= 11 is 0. The molecule has 0 saturated heterocycles. The molecule has 9 nitrogen and oxygen atoms in total. The van der Waals surface area contributed by atoms with Crippen molar-refractivity contribution in [1.82, 2.24) is 19.3 Å². The molecule has 1 amide bonds. The highest BCUT2D eigenvalue weighted by atomic mass is 32.2. The summed E-state index contributed by atoms with van der Waals surface area (Å²) in [5.74, 6) is 3.86. The smallest absolute Gasteiger partial charge is 0.243 e. The van der Waals surface area contributed by atoms with Crippen LogP contribution in [0.2, 0.25) is 0 Å². The van der Waals surface area contributed by atoms with Crippen LogP contribution in [0.25, 0.3) is 0 Å². The molecule has 4 fully saturated rings. The first-order valence-corrected chi connectivity index (χ1v) is 15.6. The Bertz CT molecular complexity index is 1490. The monoisotopic (exact) mass is 559 g/mol. The minimum absolute atomic E-state index is 0.0194. The third-order valence-electron chi connectivity index (χ3n) is 9.25. The van der Waals surface area contributed by atoms with Gasteiger partial charge in [-0.2, -0.15) is 4.31 Å². The molecule has 1 aromatic carbocycles. The fraction of sp³-hybridized carbons (Fsp3) is 0.467. The largest absolute Gasteiger partial charge is 0.439 e. The van der Waals surface area contributed by atoms with E-state index >= 15 is 0 Å². The van der Waals surface area contributed by atoms with Gasteiger partial charge in [0.05, 0.1) is 17.1 Å². The van der Waals surface area contributed by atoms with Crippen LogP contribution in [0.15, 0.2) is 59.9 Å². The minimum atomic E-state index is -3.75. The second kappa shape index (κ2) is 9.92. The zero-order valence-corrected chi connectivity index (χ0v) is 23.1. The highest BCUT2D eigenvalue weighted by Crippen LogP contribution is 2.61. The Labute approximate surface area is 234 Å². The number of benzene rings is 1. The summed E-state index contributed by atoms with van der Waals surface area (Å²) in [5.41, 5.74) is 1.60. The molecule has 1 N–H and O–H groups in total. The van der Waals surface area contributed by atoms with Crippen molar-refractivity contribution in [3.8, 4) is 11.6 Å². The second-order valence-electron chi connectivity index (χ2n) is 12.1. The van der Waals surface area contributed by atoms with Crippen LogP contribution < -0.4 is 10.1 Å². The van der Waals surface area contributed by atoms with Crippen LogP contribution in [-0.2, 0) is 27.8 Å². The van der Waals surface area contributed by atoms with Gasteiger partial charge in [-0.1, -0.05) is 6.07 Å². The molecule has 4 saturated carbocycles. The summed E-state index contributed by atoms with van der Waals surface area (Å²) < 4.78 is 34.0. The lowest BCUT2D eigenvalue weighted by molar-refractivity contribution is -0.124. The molecule has 8 rings (SSSR count). The summed E-state index contributed by atoms with van der Waals surface area (Å²) in [6, 6.07) is 11.7. The normalized spacial score (nSPS) is 27.2. The zero-order valence-electron chi connectivity index (χ0n) is 22.3. The lowest BCUT2D eigenvalue weighted by atomic mass is 9.49. The van der Waals surface area contributed by atoms with E-state index < -0.39 is 10.0 Å². The highest BCUT2D eigenvalue weighted by Gasteiger charge is 2.51. The van der Waals surface area contributed by atoms with Gasteiger partial charge in [0.25, 0.3) is 0 Å². The van der Waals surface area contributed by atoms with Crippen LogP contribution in [0.5, 0.6) is 11.6 Å². The van der Waals surface area contributed by atoms with Crippen LogP contribution in [0.3, 0.4) is 0 Å². The molecular formula is C30H33N5O4S. The molecule has 208 valence electrons. The van der Waals surface area contributed by atoms with Gasteiger partial charge in [0.1, 0.15) is 17.9 Å². The molecule has 0 unspecified atom stereocenters. The standard InChI is InChI=1S/C30H33N5O4S/c36-27(17-30-14-20-11-21(15-30)13-22(12-20)16-30)34-29-25-8-10-35(18-26(25)32-19-33-29)40(37,38)24-6-4-23(5-7-24)39-28-3-1-2-9-31-28/h1-7,9,19-22H,8,10-18H2,(H,32,33,34,36). The van der Waals surface area contributed by atoms with Crippen LogP contribution >= 0.6 is 0 Å². The van der Waals surface area contributed by atoms with Crippen molar-refractivity contribution in [2.45, 2.75) is 62.8 Å². The lowest BCUT2D eigenvalue weighted by Crippen LogP contribution is -2.47. The molecule has 40 heavy (non-hydrogen) atoms. The maximum Gasteiger partial charge on any atom is 0.243 e. The van der Waals surface area contributed by atoms with Crippen molar-refractivity contribution in [1.29, 1.82) is 0 Å². The third-order valence-corrected chi connectivity index (χ3v) is 11.1. The fourth-order valence-corrected chi connectivity index (χ4v) is 9.43. The molecule has 4 bridgehead atoms. The minimum Gasteiger partial charge on any atom is -0.439 e. The number of hydrogen-bond donors (Lipinski definition) is 1. The molecule has 3 heterocycles. The van der Waals surface area contributed by atoms with Gasteiger partial charge in [0, 0.05) is 30.8 Å². The van der Waals surface area contributed by atoms with Crippen molar-refractivity contribution in [2.24, 2.45) is 23.2 Å². The first kappa shape index (κ1) is 25.6. The number of hydrogen-bond acceptors (Lipinski definition) is 7. The number of sulfonamides is 1. The van der Waals surface area contributed by atoms with E-state index in [4.69, 9.17) is 4.74 Å². The molecular weight excluding hydrogens is 526 g/mol. The van der Waals surface area contributed by atoms with E-state index in [1.165, 1.54) is 49.2 Å². The number of aromatic nitrogens is 3. The average Bonchev–Trinajstić information content (AvgIpc) is 2.93. The Morgan fingerprint density at radius 2 is 1.70 bits per heavy atom. The van der Waals surface area contributed by atoms with Gasteiger partial charge in [-0.05, 0) is 98.4 Å². The van der Waals surface area contributed by atoms with Gasteiger partial charge < -0.3 is 10.1 Å². The van der Waals surface area contributed by atoms with E-state index in [-0.39, 0.29) is 29.3 Å². The van der Waals surface area contributed by atoms with Crippen molar-refractivity contribution in [3.63, 3.8) is 0 Å². The van der Waals surface area contributed by atoms with Gasteiger partial charge in [-0.15, -0.1) is 0 Å². The predicted octanol–water partition coefficient (Wildman–Crippen LogP) is 4.96. The Hall–Kier alpha value is -3.37. The first-order chi connectivity index (χ1) is 19.4. The molecule has 10 heteroatoms. The zero-order chi connectivity index (χ0) is 27.3. The van der Waals surface area contributed by atoms with E-state index in [1.54, 1.807) is 42.6 Å². The first-order valence-electron chi connectivity index (χ1n) is 14.2. The maximum atomic E-state index is 13.4. The number of amides is 1. The summed E-state index contributed by atoms with van der Waals surface area (Å²) in [6.07, 6.45) is 11.6. The van der Waals surface area contributed by atoms with Crippen molar-refractivity contribution in [3.05, 3.63) is 66.2 Å². The van der Waals surface area contributed by atoms with Gasteiger partial charge in [-0.3, -0.25) is 4.79 Å². The van der Waals surface area contributed by atoms with E-state index in [0.717, 1.165) is 23.3 Å². The second-order valence-corrected chi connectivity index (χ2v) is 14.1. The van der Waals surface area contributed by atoms with Gasteiger partial charge in [-0.25, -0.2) is 23.4 Å². The van der Waals surface area contributed by atoms with Crippen molar-refractivity contribution >= 4 is 21.7 Å². The number of nitrogens with zero attached hydrogens (tertiary/aromatic N) is 4. The van der Waals surface area contributed by atoms with Gasteiger partial charge >= 0.3 is 0 Å². The van der Waals surface area contributed by atoms with E-state index in [0.29, 0.717) is 36.0 Å². The Balaban J connectivity index is 1.02. The molecule has 0 spiro atoms. The Morgan fingerprint density at radius 3 is 2.38 bits per heavy atom. The molecule has 0 atom stereocenters. The van der Waals surface area contributed by atoms with E-state index in [2.05, 4.69) is 20.3 Å². The Kier molecular flexibility index (Phi) is 6.35. The topological polar surface area (TPSA) is 114 Å². The molecule has 3 aromatic rings. The number of pyridine rings is 1. The van der Waals surface area contributed by atoms with Gasteiger partial charge in [0.15, 0.2) is 0 Å². The van der Waals surface area contributed by atoms with Crippen LogP contribution in [0, 0.1) is 23.2 Å².